The average molecular weight is 363 g/mol. The maximum Gasteiger partial charge on any atom is 0.240 e. The Hall–Kier alpha value is -2.15. The fourth-order valence-corrected chi connectivity index (χ4v) is 3.31. The molecule has 0 unspecified atom stereocenters. The van der Waals surface area contributed by atoms with E-state index < -0.39 is 10.0 Å². The number of benzene rings is 2. The molecule has 3 aromatic rings. The Morgan fingerprint density at radius 2 is 1.75 bits per heavy atom. The Morgan fingerprint density at radius 3 is 2.33 bits per heavy atom. The first-order chi connectivity index (χ1) is 11.4. The van der Waals surface area contributed by atoms with Gasteiger partial charge in [0.15, 0.2) is 5.76 Å². The van der Waals surface area contributed by atoms with Crippen LogP contribution >= 0.6 is 11.6 Å². The Bertz CT molecular complexity index is 933. The maximum absolute atomic E-state index is 12.4. The van der Waals surface area contributed by atoms with Crippen LogP contribution in [0.25, 0.3) is 11.3 Å². The predicted octanol–water partition coefficient (Wildman–Crippen LogP) is 3.78. The fraction of sp³-hybridized carbons (Fsp3) is 0.118. The number of aryl methyl sites for hydroxylation is 1. The second kappa shape index (κ2) is 6.76. The minimum atomic E-state index is -3.59. The summed E-state index contributed by atoms with van der Waals surface area (Å²) >= 11 is 5.81. The van der Waals surface area contributed by atoms with Gasteiger partial charge in [-0.05, 0) is 48.9 Å². The molecule has 0 amide bonds. The summed E-state index contributed by atoms with van der Waals surface area (Å²) in [7, 11) is -3.59. The van der Waals surface area contributed by atoms with E-state index in [1.165, 1.54) is 12.1 Å². The lowest BCUT2D eigenvalue weighted by Crippen LogP contribution is -2.23. The maximum atomic E-state index is 12.4. The van der Waals surface area contributed by atoms with Gasteiger partial charge >= 0.3 is 0 Å². The molecule has 24 heavy (non-hydrogen) atoms. The summed E-state index contributed by atoms with van der Waals surface area (Å²) in [5.74, 6) is 0.602. The van der Waals surface area contributed by atoms with Crippen LogP contribution in [0.3, 0.4) is 0 Å². The highest BCUT2D eigenvalue weighted by atomic mass is 35.5. The van der Waals surface area contributed by atoms with Crippen LogP contribution in [0.2, 0.25) is 5.02 Å². The van der Waals surface area contributed by atoms with E-state index in [2.05, 4.69) is 9.88 Å². The van der Waals surface area contributed by atoms with Gasteiger partial charge in [0.05, 0.1) is 10.6 Å². The van der Waals surface area contributed by atoms with Gasteiger partial charge in [0.25, 0.3) is 0 Å². The zero-order chi connectivity index (χ0) is 17.2. The monoisotopic (exact) mass is 362 g/mol. The fourth-order valence-electron chi connectivity index (χ4n) is 2.16. The molecule has 0 saturated heterocycles. The molecule has 0 spiro atoms. The van der Waals surface area contributed by atoms with Crippen molar-refractivity contribution in [3.8, 4) is 11.3 Å². The molecule has 124 valence electrons. The standard InChI is InChI=1S/C17H15ClN2O3S/c1-12-10-17(23-20-12)14-4-8-16(9-5-14)24(21,22)19-11-13-2-6-15(18)7-3-13/h2-10,19H,11H2,1H3. The van der Waals surface area contributed by atoms with Gasteiger partial charge in [-0.25, -0.2) is 13.1 Å². The van der Waals surface area contributed by atoms with E-state index >= 15 is 0 Å². The summed E-state index contributed by atoms with van der Waals surface area (Å²) in [5.41, 5.74) is 2.37. The number of hydrogen-bond donors (Lipinski definition) is 1. The highest BCUT2D eigenvalue weighted by Gasteiger charge is 2.14. The second-order valence-electron chi connectivity index (χ2n) is 5.31. The van der Waals surface area contributed by atoms with Crippen molar-refractivity contribution in [2.45, 2.75) is 18.4 Å². The van der Waals surface area contributed by atoms with Crippen LogP contribution in [0.5, 0.6) is 0 Å². The quantitative estimate of drug-likeness (QED) is 0.749. The second-order valence-corrected chi connectivity index (χ2v) is 7.51. The largest absolute Gasteiger partial charge is 0.356 e. The molecule has 7 heteroatoms. The molecule has 0 fully saturated rings. The van der Waals surface area contributed by atoms with Gasteiger partial charge in [-0.2, -0.15) is 0 Å². The molecule has 2 aromatic carbocycles. The van der Waals surface area contributed by atoms with Crippen LogP contribution in [0, 0.1) is 6.92 Å². The van der Waals surface area contributed by atoms with Crippen LogP contribution in [-0.4, -0.2) is 13.6 Å². The lowest BCUT2D eigenvalue weighted by molar-refractivity contribution is 0.427. The Morgan fingerprint density at radius 1 is 1.08 bits per heavy atom. The van der Waals surface area contributed by atoms with Crippen molar-refractivity contribution in [1.82, 2.24) is 9.88 Å². The van der Waals surface area contributed by atoms with Gasteiger partial charge in [0, 0.05) is 23.2 Å². The van der Waals surface area contributed by atoms with Crippen LogP contribution in [0.15, 0.2) is 64.0 Å². The third kappa shape index (κ3) is 3.84. The van der Waals surface area contributed by atoms with E-state index in [4.69, 9.17) is 16.1 Å². The first-order valence-corrected chi connectivity index (χ1v) is 9.08. The molecule has 0 aliphatic carbocycles. The topological polar surface area (TPSA) is 72.2 Å². The van der Waals surface area contributed by atoms with Crippen molar-refractivity contribution >= 4 is 21.6 Å². The third-order valence-electron chi connectivity index (χ3n) is 3.46. The smallest absolute Gasteiger partial charge is 0.240 e. The zero-order valence-electron chi connectivity index (χ0n) is 12.9. The van der Waals surface area contributed by atoms with E-state index in [0.717, 1.165) is 16.8 Å². The van der Waals surface area contributed by atoms with Crippen molar-refractivity contribution in [3.63, 3.8) is 0 Å². The number of nitrogens with zero attached hydrogens (tertiary/aromatic N) is 1. The van der Waals surface area contributed by atoms with E-state index in [1.807, 2.05) is 6.92 Å². The Kier molecular flexibility index (Phi) is 4.71. The van der Waals surface area contributed by atoms with Crippen LogP contribution in [0.4, 0.5) is 0 Å². The van der Waals surface area contributed by atoms with E-state index in [0.29, 0.717) is 10.8 Å². The van der Waals surface area contributed by atoms with Crippen molar-refractivity contribution in [3.05, 3.63) is 70.9 Å². The minimum Gasteiger partial charge on any atom is -0.356 e. The van der Waals surface area contributed by atoms with Crippen LogP contribution < -0.4 is 4.72 Å². The summed E-state index contributed by atoms with van der Waals surface area (Å²) in [4.78, 5) is 0.191. The average Bonchev–Trinajstić information content (AvgIpc) is 3.01. The molecule has 0 atom stereocenters. The molecular weight excluding hydrogens is 348 g/mol. The first-order valence-electron chi connectivity index (χ1n) is 7.22. The Labute approximate surface area is 145 Å². The van der Waals surface area contributed by atoms with E-state index in [9.17, 15) is 8.42 Å². The van der Waals surface area contributed by atoms with Crippen molar-refractivity contribution in [1.29, 1.82) is 0 Å². The summed E-state index contributed by atoms with van der Waals surface area (Å²) in [6, 6.07) is 15.3. The molecule has 0 saturated carbocycles. The molecular formula is C17H15ClN2O3S. The zero-order valence-corrected chi connectivity index (χ0v) is 14.4. The van der Waals surface area contributed by atoms with Crippen molar-refractivity contribution < 1.29 is 12.9 Å². The predicted molar refractivity (Wildman–Crippen MR) is 92.2 cm³/mol. The van der Waals surface area contributed by atoms with Gasteiger partial charge in [-0.1, -0.05) is 28.9 Å². The number of halogens is 1. The van der Waals surface area contributed by atoms with Gasteiger partial charge in [0.2, 0.25) is 10.0 Å². The Balaban J connectivity index is 1.73. The molecule has 1 heterocycles. The number of aromatic nitrogens is 1. The minimum absolute atomic E-state index is 0.191. The normalized spacial score (nSPS) is 11.6. The number of sulfonamides is 1. The highest BCUT2D eigenvalue weighted by Crippen LogP contribution is 2.22. The van der Waals surface area contributed by atoms with Crippen molar-refractivity contribution in [2.75, 3.05) is 0 Å². The molecule has 0 aliphatic rings. The summed E-state index contributed by atoms with van der Waals surface area (Å²) in [6.45, 7) is 2.02. The van der Waals surface area contributed by atoms with Crippen molar-refractivity contribution in [2.24, 2.45) is 0 Å². The summed E-state index contributed by atoms with van der Waals surface area (Å²) in [6.07, 6.45) is 0. The lowest BCUT2D eigenvalue weighted by Gasteiger charge is -2.07. The lowest BCUT2D eigenvalue weighted by atomic mass is 10.2. The molecule has 5 nitrogen and oxygen atoms in total. The SMILES string of the molecule is Cc1cc(-c2ccc(S(=O)(=O)NCc3ccc(Cl)cc3)cc2)on1. The van der Waals surface area contributed by atoms with Crippen LogP contribution in [-0.2, 0) is 16.6 Å². The molecule has 1 aromatic heterocycles. The van der Waals surface area contributed by atoms with Crippen LogP contribution in [0.1, 0.15) is 11.3 Å². The molecule has 3 rings (SSSR count). The van der Waals surface area contributed by atoms with Gasteiger partial charge in [-0.3, -0.25) is 0 Å². The molecule has 1 N–H and O–H groups in total. The molecule has 0 bridgehead atoms. The summed E-state index contributed by atoms with van der Waals surface area (Å²) < 4.78 is 32.4. The highest BCUT2D eigenvalue weighted by molar-refractivity contribution is 7.89. The van der Waals surface area contributed by atoms with Gasteiger partial charge in [-0.15, -0.1) is 0 Å². The molecule has 0 aliphatic heterocycles. The third-order valence-corrected chi connectivity index (χ3v) is 5.13. The van der Waals surface area contributed by atoms with E-state index in [-0.39, 0.29) is 11.4 Å². The number of hydrogen-bond acceptors (Lipinski definition) is 4. The summed E-state index contributed by atoms with van der Waals surface area (Å²) in [5, 5.41) is 4.43. The van der Waals surface area contributed by atoms with Gasteiger partial charge < -0.3 is 4.52 Å². The van der Waals surface area contributed by atoms with Gasteiger partial charge in [0.1, 0.15) is 0 Å². The van der Waals surface area contributed by atoms with E-state index in [1.54, 1.807) is 42.5 Å². The number of nitrogens with one attached hydrogen (secondary N) is 1. The number of rotatable bonds is 5. The first kappa shape index (κ1) is 16.7. The molecule has 0 radical (unpaired) electrons.